The third kappa shape index (κ3) is 3.25. The topological polar surface area (TPSA) is 81.9 Å². The van der Waals surface area contributed by atoms with E-state index in [-0.39, 0.29) is 17.6 Å². The van der Waals surface area contributed by atoms with Gasteiger partial charge in [0.1, 0.15) is 18.2 Å². The molecule has 1 aliphatic heterocycles. The van der Waals surface area contributed by atoms with Crippen LogP contribution in [0.3, 0.4) is 0 Å². The summed E-state index contributed by atoms with van der Waals surface area (Å²) in [6.45, 7) is 1.03. The third-order valence-electron chi connectivity index (χ3n) is 6.14. The Labute approximate surface area is 158 Å². The molecule has 7 nitrogen and oxygen atoms in total. The van der Waals surface area contributed by atoms with Gasteiger partial charge in [0.2, 0.25) is 0 Å². The van der Waals surface area contributed by atoms with Crippen molar-refractivity contribution in [2.75, 3.05) is 18.5 Å². The molecule has 2 aliphatic carbocycles. The van der Waals surface area contributed by atoms with Crippen molar-refractivity contribution in [1.82, 2.24) is 19.7 Å². The average Bonchev–Trinajstić information content (AvgIpc) is 3.08. The Morgan fingerprint density at radius 2 is 1.96 bits per heavy atom. The second-order valence-corrected chi connectivity index (χ2v) is 7.92. The molecule has 2 atom stereocenters. The van der Waals surface area contributed by atoms with Gasteiger partial charge in [-0.25, -0.2) is 14.6 Å². The summed E-state index contributed by atoms with van der Waals surface area (Å²) < 4.78 is 7.33. The summed E-state index contributed by atoms with van der Waals surface area (Å²) in [4.78, 5) is 21.5. The van der Waals surface area contributed by atoms with Crippen molar-refractivity contribution in [2.24, 2.45) is 0 Å². The van der Waals surface area contributed by atoms with Crippen molar-refractivity contribution in [2.45, 2.75) is 62.9 Å². The lowest BCUT2D eigenvalue weighted by Gasteiger charge is -2.26. The van der Waals surface area contributed by atoms with Gasteiger partial charge in [0, 0.05) is 23.7 Å². The minimum absolute atomic E-state index is 0.0269. The quantitative estimate of drug-likeness (QED) is 0.892. The highest BCUT2D eigenvalue weighted by atomic mass is 16.5. The molecule has 3 aliphatic rings. The summed E-state index contributed by atoms with van der Waals surface area (Å²) in [7, 11) is 0. The molecule has 0 spiro atoms. The minimum Gasteiger partial charge on any atom is -0.377 e. The SMILES string of the molecule is O=c1cc2c(nn1C1COCC1Nc1cc(C3CCC3)ncn1)CCCC2. The van der Waals surface area contributed by atoms with E-state index < -0.39 is 0 Å². The number of fused-ring (bicyclic) bond motifs is 1. The molecule has 0 radical (unpaired) electrons. The van der Waals surface area contributed by atoms with E-state index in [1.165, 1.54) is 19.3 Å². The van der Waals surface area contributed by atoms with Crippen molar-refractivity contribution < 1.29 is 4.74 Å². The van der Waals surface area contributed by atoms with Crippen LogP contribution in [-0.2, 0) is 17.6 Å². The minimum atomic E-state index is -0.119. The summed E-state index contributed by atoms with van der Waals surface area (Å²) in [5.74, 6) is 1.37. The molecule has 2 aromatic rings. The average molecular weight is 367 g/mol. The van der Waals surface area contributed by atoms with Crippen molar-refractivity contribution in [1.29, 1.82) is 0 Å². The molecule has 2 unspecified atom stereocenters. The fourth-order valence-electron chi connectivity index (χ4n) is 4.30. The van der Waals surface area contributed by atoms with Gasteiger partial charge >= 0.3 is 0 Å². The zero-order valence-corrected chi connectivity index (χ0v) is 15.4. The Morgan fingerprint density at radius 1 is 1.07 bits per heavy atom. The van der Waals surface area contributed by atoms with E-state index in [9.17, 15) is 4.79 Å². The normalized spacial score (nSPS) is 25.0. The molecule has 2 fully saturated rings. The number of ether oxygens (including phenoxy) is 1. The molecule has 5 rings (SSSR count). The van der Waals surface area contributed by atoms with Crippen molar-refractivity contribution >= 4 is 5.82 Å². The Hall–Kier alpha value is -2.28. The summed E-state index contributed by atoms with van der Waals surface area (Å²) in [6, 6.07) is 3.67. The Kier molecular flexibility index (Phi) is 4.39. The fraction of sp³-hybridized carbons (Fsp3) is 0.600. The summed E-state index contributed by atoms with van der Waals surface area (Å²) in [6.07, 6.45) is 9.54. The zero-order valence-electron chi connectivity index (χ0n) is 15.4. The highest BCUT2D eigenvalue weighted by Gasteiger charge is 2.32. The molecule has 0 bridgehead atoms. The van der Waals surface area contributed by atoms with Crippen LogP contribution in [0, 0.1) is 0 Å². The lowest BCUT2D eigenvalue weighted by Crippen LogP contribution is -2.38. The number of hydrogen-bond donors (Lipinski definition) is 1. The van der Waals surface area contributed by atoms with Gasteiger partial charge in [-0.1, -0.05) is 6.42 Å². The van der Waals surface area contributed by atoms with Crippen LogP contribution in [0.25, 0.3) is 0 Å². The van der Waals surface area contributed by atoms with Crippen LogP contribution in [0.2, 0.25) is 0 Å². The maximum Gasteiger partial charge on any atom is 0.267 e. The van der Waals surface area contributed by atoms with E-state index >= 15 is 0 Å². The molecule has 1 saturated heterocycles. The molecule has 7 heteroatoms. The van der Waals surface area contributed by atoms with Gasteiger partial charge in [0.15, 0.2) is 0 Å². The number of nitrogens with zero attached hydrogens (tertiary/aromatic N) is 4. The predicted molar refractivity (Wildman–Crippen MR) is 101 cm³/mol. The van der Waals surface area contributed by atoms with E-state index in [2.05, 4.69) is 15.3 Å². The van der Waals surface area contributed by atoms with Crippen LogP contribution in [-0.4, -0.2) is 39.0 Å². The molecule has 142 valence electrons. The number of aromatic nitrogens is 4. The monoisotopic (exact) mass is 367 g/mol. The number of hydrogen-bond acceptors (Lipinski definition) is 6. The first-order chi connectivity index (χ1) is 13.3. The molecule has 0 aromatic carbocycles. The van der Waals surface area contributed by atoms with Crippen molar-refractivity contribution in [3.8, 4) is 0 Å². The first-order valence-electron chi connectivity index (χ1n) is 10.1. The van der Waals surface area contributed by atoms with Gasteiger partial charge in [-0.05, 0) is 44.1 Å². The van der Waals surface area contributed by atoms with Crippen LogP contribution < -0.4 is 10.9 Å². The molecule has 2 aromatic heterocycles. The number of rotatable bonds is 4. The molecule has 27 heavy (non-hydrogen) atoms. The van der Waals surface area contributed by atoms with Gasteiger partial charge < -0.3 is 10.1 Å². The van der Waals surface area contributed by atoms with Crippen molar-refractivity contribution in [3.63, 3.8) is 0 Å². The number of anilines is 1. The predicted octanol–water partition coefficient (Wildman–Crippen LogP) is 2.23. The van der Waals surface area contributed by atoms with Gasteiger partial charge in [0.25, 0.3) is 5.56 Å². The van der Waals surface area contributed by atoms with Crippen LogP contribution in [0.5, 0.6) is 0 Å². The number of nitrogens with one attached hydrogen (secondary N) is 1. The maximum atomic E-state index is 12.7. The highest BCUT2D eigenvalue weighted by molar-refractivity contribution is 5.38. The molecular formula is C20H25N5O2. The second-order valence-electron chi connectivity index (χ2n) is 7.92. The molecule has 1 N–H and O–H groups in total. The van der Waals surface area contributed by atoms with Gasteiger partial charge in [-0.2, -0.15) is 5.10 Å². The van der Waals surface area contributed by atoms with E-state index in [1.54, 1.807) is 17.1 Å². The molecular weight excluding hydrogens is 342 g/mol. The lowest BCUT2D eigenvalue weighted by atomic mass is 9.83. The summed E-state index contributed by atoms with van der Waals surface area (Å²) in [5, 5.41) is 8.17. The highest BCUT2D eigenvalue weighted by Crippen LogP contribution is 2.35. The van der Waals surface area contributed by atoms with Crippen LogP contribution >= 0.6 is 0 Å². The zero-order chi connectivity index (χ0) is 18.2. The second kappa shape index (κ2) is 7.03. The van der Waals surface area contributed by atoms with E-state index in [0.717, 1.165) is 48.5 Å². The number of aryl methyl sites for hydroxylation is 2. The van der Waals surface area contributed by atoms with E-state index in [0.29, 0.717) is 19.1 Å². The Morgan fingerprint density at radius 3 is 2.81 bits per heavy atom. The largest absolute Gasteiger partial charge is 0.377 e. The van der Waals surface area contributed by atoms with E-state index in [1.807, 2.05) is 6.07 Å². The molecule has 0 amide bonds. The summed E-state index contributed by atoms with van der Waals surface area (Å²) >= 11 is 0. The molecule has 3 heterocycles. The summed E-state index contributed by atoms with van der Waals surface area (Å²) in [5.41, 5.74) is 3.27. The fourth-order valence-corrected chi connectivity index (χ4v) is 4.30. The van der Waals surface area contributed by atoms with Crippen LogP contribution in [0.1, 0.15) is 61.0 Å². The first-order valence-corrected chi connectivity index (χ1v) is 10.1. The third-order valence-corrected chi connectivity index (χ3v) is 6.14. The van der Waals surface area contributed by atoms with Gasteiger partial charge in [-0.3, -0.25) is 4.79 Å². The standard InChI is InChI=1S/C20H25N5O2/c26-20-8-14-4-1-2-7-15(14)24-25(20)18-11-27-10-17(18)23-19-9-16(21-12-22-19)13-5-3-6-13/h8-9,12-13,17-18H,1-7,10-11H2,(H,21,22,23). The van der Waals surface area contributed by atoms with Gasteiger partial charge in [0.05, 0.1) is 24.9 Å². The Balaban J connectivity index is 1.39. The van der Waals surface area contributed by atoms with Crippen LogP contribution in [0.4, 0.5) is 5.82 Å². The first kappa shape index (κ1) is 16.9. The Bertz CT molecular complexity index is 892. The van der Waals surface area contributed by atoms with E-state index in [4.69, 9.17) is 9.84 Å². The van der Waals surface area contributed by atoms with Crippen molar-refractivity contribution in [3.05, 3.63) is 45.8 Å². The molecule has 1 saturated carbocycles. The maximum absolute atomic E-state index is 12.7. The van der Waals surface area contributed by atoms with Gasteiger partial charge in [-0.15, -0.1) is 0 Å². The smallest absolute Gasteiger partial charge is 0.267 e. The van der Waals surface area contributed by atoms with Crippen LogP contribution in [0.15, 0.2) is 23.3 Å². The lowest BCUT2D eigenvalue weighted by molar-refractivity contribution is 0.182.